The van der Waals surface area contributed by atoms with Gasteiger partial charge in [0.15, 0.2) is 0 Å². The molecule has 0 aliphatic heterocycles. The van der Waals surface area contributed by atoms with Crippen LogP contribution in [0.5, 0.6) is 5.75 Å². The number of benzene rings is 2. The summed E-state index contributed by atoms with van der Waals surface area (Å²) in [6, 6.07) is 11.0. The Labute approximate surface area is 111 Å². The van der Waals surface area contributed by atoms with Crippen LogP contribution in [0.15, 0.2) is 36.4 Å². The number of aromatic carboxylic acids is 1. The molecular formula is C15H16O4. The van der Waals surface area contributed by atoms with Crippen molar-refractivity contribution in [1.82, 2.24) is 0 Å². The molecule has 4 heteroatoms. The third-order valence-corrected chi connectivity index (χ3v) is 2.77. The molecule has 0 amide bonds. The van der Waals surface area contributed by atoms with Crippen molar-refractivity contribution in [3.63, 3.8) is 0 Å². The van der Waals surface area contributed by atoms with Gasteiger partial charge in [0.05, 0.1) is 6.61 Å². The Morgan fingerprint density at radius 1 is 1.16 bits per heavy atom. The first-order valence-electron chi connectivity index (χ1n) is 6.19. The fourth-order valence-electron chi connectivity index (χ4n) is 1.86. The SMILES string of the molecule is CCOCCOc1cc2ccccc2cc1C(=O)O. The highest BCUT2D eigenvalue weighted by molar-refractivity contribution is 5.97. The maximum Gasteiger partial charge on any atom is 0.339 e. The Balaban J connectivity index is 2.28. The lowest BCUT2D eigenvalue weighted by Crippen LogP contribution is -2.09. The number of hydrogen-bond acceptors (Lipinski definition) is 3. The van der Waals surface area contributed by atoms with E-state index < -0.39 is 5.97 Å². The van der Waals surface area contributed by atoms with E-state index in [-0.39, 0.29) is 5.56 Å². The van der Waals surface area contributed by atoms with Gasteiger partial charge in [-0.3, -0.25) is 0 Å². The molecule has 0 saturated carbocycles. The van der Waals surface area contributed by atoms with Gasteiger partial charge >= 0.3 is 5.97 Å². The quantitative estimate of drug-likeness (QED) is 0.811. The minimum atomic E-state index is -0.989. The van der Waals surface area contributed by atoms with Crippen molar-refractivity contribution in [3.05, 3.63) is 42.0 Å². The highest BCUT2D eigenvalue weighted by Crippen LogP contribution is 2.26. The minimum absolute atomic E-state index is 0.176. The predicted molar refractivity (Wildman–Crippen MR) is 72.9 cm³/mol. The Morgan fingerprint density at radius 2 is 1.84 bits per heavy atom. The van der Waals surface area contributed by atoms with Gasteiger partial charge in [-0.2, -0.15) is 0 Å². The molecule has 4 nitrogen and oxygen atoms in total. The summed E-state index contributed by atoms with van der Waals surface area (Å²) in [7, 11) is 0. The molecule has 2 rings (SSSR count). The number of carbonyl (C=O) groups is 1. The van der Waals surface area contributed by atoms with Gasteiger partial charge in [0, 0.05) is 6.61 Å². The molecule has 100 valence electrons. The zero-order valence-corrected chi connectivity index (χ0v) is 10.8. The number of hydrogen-bond donors (Lipinski definition) is 1. The van der Waals surface area contributed by atoms with E-state index in [1.165, 1.54) is 0 Å². The summed E-state index contributed by atoms with van der Waals surface area (Å²) in [5.41, 5.74) is 0.176. The van der Waals surface area contributed by atoms with Crippen LogP contribution in [0.2, 0.25) is 0 Å². The van der Waals surface area contributed by atoms with Crippen LogP contribution in [0.25, 0.3) is 10.8 Å². The lowest BCUT2D eigenvalue weighted by atomic mass is 10.1. The topological polar surface area (TPSA) is 55.8 Å². The van der Waals surface area contributed by atoms with E-state index >= 15 is 0 Å². The summed E-state index contributed by atoms with van der Waals surface area (Å²) in [5.74, 6) is -0.608. The van der Waals surface area contributed by atoms with Crippen LogP contribution >= 0.6 is 0 Å². The number of ether oxygens (including phenoxy) is 2. The highest BCUT2D eigenvalue weighted by atomic mass is 16.5. The molecule has 2 aromatic rings. The summed E-state index contributed by atoms with van der Waals surface area (Å²) in [6.07, 6.45) is 0. The van der Waals surface area contributed by atoms with Gasteiger partial charge in [0.1, 0.15) is 17.9 Å². The van der Waals surface area contributed by atoms with Crippen LogP contribution in [0, 0.1) is 0 Å². The Hall–Kier alpha value is -2.07. The lowest BCUT2D eigenvalue weighted by Gasteiger charge is -2.10. The van der Waals surface area contributed by atoms with Gasteiger partial charge in [-0.05, 0) is 29.8 Å². The molecular weight excluding hydrogens is 244 g/mol. The maximum absolute atomic E-state index is 11.2. The summed E-state index contributed by atoms with van der Waals surface area (Å²) in [5, 5.41) is 11.1. The molecule has 19 heavy (non-hydrogen) atoms. The van der Waals surface area contributed by atoms with Crippen molar-refractivity contribution in [2.24, 2.45) is 0 Å². The van der Waals surface area contributed by atoms with Crippen molar-refractivity contribution in [2.45, 2.75) is 6.92 Å². The lowest BCUT2D eigenvalue weighted by molar-refractivity contribution is 0.0687. The van der Waals surface area contributed by atoms with Gasteiger partial charge < -0.3 is 14.6 Å². The van der Waals surface area contributed by atoms with Crippen LogP contribution in [0.3, 0.4) is 0 Å². The van der Waals surface area contributed by atoms with Gasteiger partial charge in [0.25, 0.3) is 0 Å². The first-order chi connectivity index (χ1) is 9.22. The molecule has 0 unspecified atom stereocenters. The summed E-state index contributed by atoms with van der Waals surface area (Å²) in [4.78, 5) is 11.2. The fourth-order valence-corrected chi connectivity index (χ4v) is 1.86. The zero-order chi connectivity index (χ0) is 13.7. The normalized spacial score (nSPS) is 10.6. The van der Waals surface area contributed by atoms with Gasteiger partial charge in [-0.25, -0.2) is 4.79 Å². The molecule has 0 radical (unpaired) electrons. The molecule has 0 aliphatic rings. The third-order valence-electron chi connectivity index (χ3n) is 2.77. The van der Waals surface area contributed by atoms with Crippen molar-refractivity contribution < 1.29 is 19.4 Å². The third kappa shape index (κ3) is 3.23. The maximum atomic E-state index is 11.2. The average Bonchev–Trinajstić information content (AvgIpc) is 2.42. The molecule has 0 atom stereocenters. The summed E-state index contributed by atoms with van der Waals surface area (Å²) < 4.78 is 10.7. The molecule has 0 fully saturated rings. The molecule has 0 bridgehead atoms. The van der Waals surface area contributed by atoms with E-state index in [0.717, 1.165) is 10.8 Å². The second kappa shape index (κ2) is 6.20. The Kier molecular flexibility index (Phi) is 4.36. The fraction of sp³-hybridized carbons (Fsp3) is 0.267. The molecule has 0 aromatic heterocycles. The first kappa shape index (κ1) is 13.4. The van der Waals surface area contributed by atoms with E-state index in [9.17, 15) is 9.90 Å². The van der Waals surface area contributed by atoms with Gasteiger partial charge in [-0.15, -0.1) is 0 Å². The van der Waals surface area contributed by atoms with Crippen molar-refractivity contribution in [3.8, 4) is 5.75 Å². The second-order valence-electron chi connectivity index (χ2n) is 4.05. The molecule has 2 aromatic carbocycles. The van der Waals surface area contributed by atoms with E-state index in [1.807, 2.05) is 31.2 Å². The van der Waals surface area contributed by atoms with Crippen LogP contribution in [-0.2, 0) is 4.74 Å². The van der Waals surface area contributed by atoms with Gasteiger partial charge in [0.2, 0.25) is 0 Å². The Morgan fingerprint density at radius 3 is 2.47 bits per heavy atom. The smallest absolute Gasteiger partial charge is 0.339 e. The van der Waals surface area contributed by atoms with Crippen molar-refractivity contribution in [2.75, 3.05) is 19.8 Å². The van der Waals surface area contributed by atoms with Crippen molar-refractivity contribution in [1.29, 1.82) is 0 Å². The predicted octanol–water partition coefficient (Wildman–Crippen LogP) is 2.95. The first-order valence-corrected chi connectivity index (χ1v) is 6.19. The zero-order valence-electron chi connectivity index (χ0n) is 10.8. The average molecular weight is 260 g/mol. The molecule has 0 saturated heterocycles. The monoisotopic (exact) mass is 260 g/mol. The number of rotatable bonds is 6. The van der Waals surface area contributed by atoms with Crippen molar-refractivity contribution >= 4 is 16.7 Å². The number of carboxylic acids is 1. The molecule has 0 heterocycles. The second-order valence-corrected chi connectivity index (χ2v) is 4.05. The van der Waals surface area contributed by atoms with E-state index in [2.05, 4.69) is 0 Å². The molecule has 1 N–H and O–H groups in total. The molecule has 0 spiro atoms. The van der Waals surface area contributed by atoms with E-state index in [0.29, 0.717) is 25.6 Å². The molecule has 0 aliphatic carbocycles. The van der Waals surface area contributed by atoms with Crippen LogP contribution in [0.4, 0.5) is 0 Å². The van der Waals surface area contributed by atoms with Crippen LogP contribution in [-0.4, -0.2) is 30.9 Å². The Bertz CT molecular complexity index is 577. The standard InChI is InChI=1S/C15H16O4/c1-2-18-7-8-19-14-10-12-6-4-3-5-11(12)9-13(14)15(16)17/h3-6,9-10H,2,7-8H2,1H3,(H,16,17). The van der Waals surface area contributed by atoms with Crippen LogP contribution in [0.1, 0.15) is 17.3 Å². The highest BCUT2D eigenvalue weighted by Gasteiger charge is 2.12. The number of fused-ring (bicyclic) bond motifs is 1. The number of carboxylic acid groups (broad SMARTS) is 1. The summed E-state index contributed by atoms with van der Waals surface area (Å²) in [6.45, 7) is 3.31. The van der Waals surface area contributed by atoms with E-state index in [4.69, 9.17) is 9.47 Å². The summed E-state index contributed by atoms with van der Waals surface area (Å²) >= 11 is 0. The van der Waals surface area contributed by atoms with Crippen LogP contribution < -0.4 is 4.74 Å². The van der Waals surface area contributed by atoms with E-state index in [1.54, 1.807) is 12.1 Å². The minimum Gasteiger partial charge on any atom is -0.490 e. The largest absolute Gasteiger partial charge is 0.490 e. The van der Waals surface area contributed by atoms with Gasteiger partial charge in [-0.1, -0.05) is 24.3 Å².